The Morgan fingerprint density at radius 1 is 0.972 bits per heavy atom. The molecule has 1 aliphatic heterocycles. The summed E-state index contributed by atoms with van der Waals surface area (Å²) in [6, 6.07) is 19.0. The number of hydrogen-bond donors (Lipinski definition) is 2. The molecular formula is C28H25N3O4S. The summed E-state index contributed by atoms with van der Waals surface area (Å²) in [6.07, 6.45) is 1.08. The molecule has 0 unspecified atom stereocenters. The number of methoxy groups -OCH3 is 2. The number of nitrogens with zero attached hydrogens (tertiary/aromatic N) is 1. The van der Waals surface area contributed by atoms with Crippen LogP contribution in [-0.2, 0) is 4.79 Å². The fraction of sp³-hybridized carbons (Fsp3) is 0.214. The van der Waals surface area contributed by atoms with Gasteiger partial charge in [0.2, 0.25) is 0 Å². The molecule has 0 bridgehead atoms. The number of carbonyl (C=O) groups is 1. The highest BCUT2D eigenvalue weighted by Crippen LogP contribution is 2.49. The van der Waals surface area contributed by atoms with Crippen LogP contribution in [0.3, 0.4) is 0 Å². The Kier molecular flexibility index (Phi) is 5.53. The molecule has 4 aromatic rings. The number of hydrogen-bond acceptors (Lipinski definition) is 6. The number of H-pyrrole nitrogens is 1. The van der Waals surface area contributed by atoms with E-state index in [9.17, 15) is 9.59 Å². The van der Waals surface area contributed by atoms with Crippen molar-refractivity contribution in [3.63, 3.8) is 0 Å². The summed E-state index contributed by atoms with van der Waals surface area (Å²) in [7, 11) is 3.19. The molecule has 0 amide bonds. The van der Waals surface area contributed by atoms with Crippen molar-refractivity contribution in [1.29, 1.82) is 0 Å². The summed E-state index contributed by atoms with van der Waals surface area (Å²) in [5, 5.41) is 8.73. The van der Waals surface area contributed by atoms with Gasteiger partial charge in [0.05, 0.1) is 31.4 Å². The molecule has 0 saturated heterocycles. The van der Waals surface area contributed by atoms with Gasteiger partial charge in [-0.2, -0.15) is 0 Å². The number of anilines is 1. The quantitative estimate of drug-likeness (QED) is 0.394. The van der Waals surface area contributed by atoms with E-state index in [0.29, 0.717) is 41.3 Å². The number of para-hydroxylation sites is 1. The normalized spacial score (nSPS) is 18.9. The van der Waals surface area contributed by atoms with Crippen LogP contribution in [0.2, 0.25) is 0 Å². The second kappa shape index (κ2) is 8.87. The number of allylic oxidation sites excluding steroid dienone is 2. The van der Waals surface area contributed by atoms with Gasteiger partial charge in [0.25, 0.3) is 5.56 Å². The minimum atomic E-state index is -0.591. The Bertz CT molecular complexity index is 1530. The van der Waals surface area contributed by atoms with Crippen molar-refractivity contribution in [2.75, 3.05) is 19.5 Å². The van der Waals surface area contributed by atoms with Gasteiger partial charge >= 0.3 is 0 Å². The highest BCUT2D eigenvalue weighted by molar-refractivity contribution is 7.10. The van der Waals surface area contributed by atoms with Crippen LogP contribution < -0.4 is 20.3 Å². The van der Waals surface area contributed by atoms with Crippen molar-refractivity contribution in [3.8, 4) is 17.2 Å². The number of fused-ring (bicyclic) bond motifs is 1. The van der Waals surface area contributed by atoms with Crippen LogP contribution in [0, 0.1) is 0 Å². The molecule has 0 saturated carbocycles. The third-order valence-electron chi connectivity index (χ3n) is 7.00. The van der Waals surface area contributed by atoms with Gasteiger partial charge in [-0.15, -0.1) is 11.3 Å². The van der Waals surface area contributed by atoms with Crippen molar-refractivity contribution in [2.45, 2.75) is 24.7 Å². The largest absolute Gasteiger partial charge is 0.497 e. The monoisotopic (exact) mass is 499 g/mol. The standard InChI is InChI=1S/C28H25N3O4S/c1-34-18-10-11-22(35-2)19(15-18)24-25-20(13-16(14-21(25)32)23-9-6-12-36-23)29-27-26(24)28(33)31(30-27)17-7-4-3-5-8-17/h3-12,15-16,24,29-30H,13-14H2,1-2H3/t16-,24-/m0/s1. The van der Waals surface area contributed by atoms with E-state index >= 15 is 0 Å². The van der Waals surface area contributed by atoms with E-state index in [4.69, 9.17) is 9.47 Å². The molecule has 2 N–H and O–H groups in total. The number of Topliss-reactive ketones (excluding diaryl/α,β-unsaturated/α-hetero) is 1. The van der Waals surface area contributed by atoms with E-state index < -0.39 is 5.92 Å². The molecule has 8 heteroatoms. The molecule has 0 spiro atoms. The molecule has 2 atom stereocenters. The minimum absolute atomic E-state index is 0.0366. The number of aromatic amines is 1. The molecule has 182 valence electrons. The zero-order valence-corrected chi connectivity index (χ0v) is 20.7. The third kappa shape index (κ3) is 3.56. The van der Waals surface area contributed by atoms with Gasteiger partial charge in [-0.05, 0) is 48.2 Å². The fourth-order valence-corrected chi connectivity index (χ4v) is 6.18. The first kappa shape index (κ1) is 22.4. The minimum Gasteiger partial charge on any atom is -0.497 e. The number of carbonyl (C=O) groups excluding carboxylic acids is 1. The SMILES string of the molecule is COc1ccc(OC)c([C@H]2C3=C(C[C@H](c4cccs4)CC3=O)Nc3[nH]n(-c4ccccc4)c(=O)c32)c1. The number of thiophene rings is 1. The molecule has 6 rings (SSSR count). The second-order valence-corrected chi connectivity index (χ2v) is 9.96. The lowest BCUT2D eigenvalue weighted by Crippen LogP contribution is -2.32. The summed E-state index contributed by atoms with van der Waals surface area (Å²) in [5.74, 6) is 1.37. The number of benzene rings is 2. The molecule has 1 aliphatic carbocycles. The van der Waals surface area contributed by atoms with Crippen LogP contribution in [0.4, 0.5) is 5.82 Å². The number of nitrogens with one attached hydrogen (secondary N) is 2. The summed E-state index contributed by atoms with van der Waals surface area (Å²) in [4.78, 5) is 28.8. The predicted octanol–water partition coefficient (Wildman–Crippen LogP) is 5.20. The lowest BCUT2D eigenvalue weighted by Gasteiger charge is -2.34. The van der Waals surface area contributed by atoms with Gasteiger partial charge < -0.3 is 14.8 Å². The number of rotatable bonds is 5. The Morgan fingerprint density at radius 3 is 2.53 bits per heavy atom. The Hall–Kier alpha value is -4.04. The van der Waals surface area contributed by atoms with Crippen molar-refractivity contribution in [2.24, 2.45) is 0 Å². The molecule has 2 aromatic carbocycles. The van der Waals surface area contributed by atoms with E-state index in [1.165, 1.54) is 9.56 Å². The van der Waals surface area contributed by atoms with E-state index in [1.807, 2.05) is 60.0 Å². The summed E-state index contributed by atoms with van der Waals surface area (Å²) in [5.41, 5.74) is 3.19. The zero-order chi connectivity index (χ0) is 24.8. The fourth-order valence-electron chi connectivity index (χ4n) is 5.35. The Balaban J connectivity index is 1.57. The molecule has 0 fully saturated rings. The van der Waals surface area contributed by atoms with Gasteiger partial charge in [0.15, 0.2) is 5.78 Å². The van der Waals surface area contributed by atoms with Crippen LogP contribution in [0.1, 0.15) is 40.7 Å². The summed E-state index contributed by atoms with van der Waals surface area (Å²) < 4.78 is 12.7. The molecule has 2 aromatic heterocycles. The number of ketones is 1. The van der Waals surface area contributed by atoms with Crippen LogP contribution in [0.15, 0.2) is 82.1 Å². The Morgan fingerprint density at radius 2 is 1.81 bits per heavy atom. The maximum Gasteiger partial charge on any atom is 0.277 e. The lowest BCUT2D eigenvalue weighted by molar-refractivity contribution is -0.116. The van der Waals surface area contributed by atoms with Gasteiger partial charge in [0, 0.05) is 34.0 Å². The average Bonchev–Trinajstić information content (AvgIpc) is 3.56. The second-order valence-electron chi connectivity index (χ2n) is 8.98. The van der Waals surface area contributed by atoms with Gasteiger partial charge in [-0.1, -0.05) is 24.3 Å². The maximum absolute atomic E-state index is 13.9. The number of ether oxygens (including phenoxy) is 2. The van der Waals surface area contributed by atoms with Gasteiger partial charge in [0.1, 0.15) is 17.3 Å². The van der Waals surface area contributed by atoms with Crippen LogP contribution >= 0.6 is 11.3 Å². The van der Waals surface area contributed by atoms with Crippen molar-refractivity contribution < 1.29 is 14.3 Å². The molecule has 2 aliphatic rings. The molecule has 36 heavy (non-hydrogen) atoms. The first-order chi connectivity index (χ1) is 17.6. The number of aromatic nitrogens is 2. The summed E-state index contributed by atoms with van der Waals surface area (Å²) in [6.45, 7) is 0. The lowest BCUT2D eigenvalue weighted by atomic mass is 9.73. The van der Waals surface area contributed by atoms with Gasteiger partial charge in [-0.25, -0.2) is 4.68 Å². The Labute approximate surface area is 212 Å². The van der Waals surface area contributed by atoms with Crippen LogP contribution in [0.25, 0.3) is 5.69 Å². The molecular weight excluding hydrogens is 474 g/mol. The predicted molar refractivity (Wildman–Crippen MR) is 140 cm³/mol. The first-order valence-electron chi connectivity index (χ1n) is 11.8. The topological polar surface area (TPSA) is 85.3 Å². The van der Waals surface area contributed by atoms with E-state index in [-0.39, 0.29) is 17.3 Å². The van der Waals surface area contributed by atoms with Crippen molar-refractivity contribution >= 4 is 22.9 Å². The van der Waals surface area contributed by atoms with Crippen molar-refractivity contribution in [3.05, 3.63) is 104 Å². The first-order valence-corrected chi connectivity index (χ1v) is 12.7. The summed E-state index contributed by atoms with van der Waals surface area (Å²) >= 11 is 1.67. The third-order valence-corrected chi connectivity index (χ3v) is 8.03. The van der Waals surface area contributed by atoms with Gasteiger partial charge in [-0.3, -0.25) is 14.7 Å². The molecule has 0 radical (unpaired) electrons. The smallest absolute Gasteiger partial charge is 0.277 e. The van der Waals surface area contributed by atoms with E-state index in [1.54, 1.807) is 25.6 Å². The highest BCUT2D eigenvalue weighted by atomic mass is 32.1. The van der Waals surface area contributed by atoms with Crippen LogP contribution in [-0.4, -0.2) is 29.8 Å². The highest BCUT2D eigenvalue weighted by Gasteiger charge is 2.42. The van der Waals surface area contributed by atoms with Crippen molar-refractivity contribution in [1.82, 2.24) is 9.78 Å². The zero-order valence-electron chi connectivity index (χ0n) is 19.9. The molecule has 3 heterocycles. The van der Waals surface area contributed by atoms with E-state index in [0.717, 1.165) is 16.9 Å². The van der Waals surface area contributed by atoms with Crippen LogP contribution in [0.5, 0.6) is 11.5 Å². The average molecular weight is 500 g/mol. The molecule has 7 nitrogen and oxygen atoms in total. The van der Waals surface area contributed by atoms with E-state index in [2.05, 4.69) is 16.5 Å². The maximum atomic E-state index is 13.9.